The van der Waals surface area contributed by atoms with Crippen LogP contribution in [0, 0.1) is 5.92 Å². The Morgan fingerprint density at radius 3 is 3.00 bits per heavy atom. The molecule has 0 aromatic carbocycles. The van der Waals surface area contributed by atoms with Gasteiger partial charge in [0.05, 0.1) is 6.61 Å². The van der Waals surface area contributed by atoms with E-state index >= 15 is 0 Å². The molecule has 1 aliphatic heterocycles. The molecule has 0 spiro atoms. The van der Waals surface area contributed by atoms with Crippen LogP contribution in [0.25, 0.3) is 0 Å². The molecule has 1 fully saturated rings. The van der Waals surface area contributed by atoms with Crippen molar-refractivity contribution in [1.29, 1.82) is 0 Å². The number of hydrogen-bond donors (Lipinski definition) is 1. The number of ether oxygens (including phenoxy) is 2. The maximum absolute atomic E-state index is 5.72. The summed E-state index contributed by atoms with van der Waals surface area (Å²) >= 11 is 0. The number of hydrogen-bond acceptors (Lipinski definition) is 5. The van der Waals surface area contributed by atoms with Crippen molar-refractivity contribution in [2.75, 3.05) is 31.7 Å². The van der Waals surface area contributed by atoms with E-state index in [1.807, 2.05) is 6.07 Å². The van der Waals surface area contributed by atoms with E-state index in [0.29, 0.717) is 18.4 Å². The fourth-order valence-corrected chi connectivity index (χ4v) is 1.88. The molecule has 0 atom stereocenters. The molecule has 1 aromatic heterocycles. The molecule has 1 N–H and O–H groups in total. The van der Waals surface area contributed by atoms with Gasteiger partial charge in [0, 0.05) is 25.8 Å². The van der Waals surface area contributed by atoms with Crippen LogP contribution in [0.4, 0.5) is 5.82 Å². The van der Waals surface area contributed by atoms with Gasteiger partial charge >= 0.3 is 0 Å². The smallest absolute Gasteiger partial charge is 0.218 e. The maximum Gasteiger partial charge on any atom is 0.218 e. The Labute approximate surface area is 108 Å². The Kier molecular flexibility index (Phi) is 5.20. The minimum absolute atomic E-state index is 0.584. The second kappa shape index (κ2) is 7.16. The van der Waals surface area contributed by atoms with Crippen molar-refractivity contribution in [2.24, 2.45) is 5.92 Å². The fourth-order valence-electron chi connectivity index (χ4n) is 1.88. The van der Waals surface area contributed by atoms with Gasteiger partial charge in [-0.3, -0.25) is 0 Å². The Hall–Kier alpha value is -1.36. The van der Waals surface area contributed by atoms with Crippen molar-refractivity contribution in [3.63, 3.8) is 0 Å². The quantitative estimate of drug-likeness (QED) is 0.839. The zero-order valence-electron chi connectivity index (χ0n) is 10.9. The topological polar surface area (TPSA) is 56.3 Å². The molecular weight excluding hydrogens is 230 g/mol. The van der Waals surface area contributed by atoms with E-state index in [1.165, 1.54) is 6.33 Å². The number of nitrogens with zero attached hydrogens (tertiary/aromatic N) is 2. The summed E-state index contributed by atoms with van der Waals surface area (Å²) in [5, 5.41) is 3.22. The van der Waals surface area contributed by atoms with Crippen LogP contribution >= 0.6 is 0 Å². The summed E-state index contributed by atoms with van der Waals surface area (Å²) in [7, 11) is 0. The molecule has 1 aliphatic rings. The van der Waals surface area contributed by atoms with Gasteiger partial charge in [0.1, 0.15) is 12.1 Å². The Balaban J connectivity index is 1.80. The highest BCUT2D eigenvalue weighted by molar-refractivity contribution is 5.36. The zero-order chi connectivity index (χ0) is 12.6. The summed E-state index contributed by atoms with van der Waals surface area (Å²) in [6.45, 7) is 5.45. The molecule has 0 saturated carbocycles. The van der Waals surface area contributed by atoms with E-state index < -0.39 is 0 Å². The van der Waals surface area contributed by atoms with E-state index in [9.17, 15) is 0 Å². The first-order valence-corrected chi connectivity index (χ1v) is 6.65. The van der Waals surface area contributed by atoms with Crippen molar-refractivity contribution in [3.8, 4) is 5.88 Å². The van der Waals surface area contributed by atoms with Gasteiger partial charge in [-0.1, -0.05) is 6.92 Å². The van der Waals surface area contributed by atoms with Crippen LogP contribution in [0.15, 0.2) is 12.4 Å². The number of aromatic nitrogens is 2. The predicted octanol–water partition coefficient (Wildman–Crippen LogP) is 2.10. The first-order valence-electron chi connectivity index (χ1n) is 6.65. The third-order valence-corrected chi connectivity index (χ3v) is 3.01. The third kappa shape index (κ3) is 4.14. The predicted molar refractivity (Wildman–Crippen MR) is 69.9 cm³/mol. The van der Waals surface area contributed by atoms with Crippen molar-refractivity contribution in [3.05, 3.63) is 12.4 Å². The zero-order valence-corrected chi connectivity index (χ0v) is 10.9. The molecule has 0 radical (unpaired) electrons. The highest BCUT2D eigenvalue weighted by Gasteiger charge is 2.14. The second-order valence-electron chi connectivity index (χ2n) is 4.54. The summed E-state index contributed by atoms with van der Waals surface area (Å²) in [5.41, 5.74) is 0. The summed E-state index contributed by atoms with van der Waals surface area (Å²) in [4.78, 5) is 8.28. The molecule has 0 bridgehead atoms. The van der Waals surface area contributed by atoms with Crippen LogP contribution in [0.2, 0.25) is 0 Å². The van der Waals surface area contributed by atoms with Crippen molar-refractivity contribution in [1.82, 2.24) is 9.97 Å². The summed E-state index contributed by atoms with van der Waals surface area (Å²) < 4.78 is 11.0. The second-order valence-corrected chi connectivity index (χ2v) is 4.54. The highest BCUT2D eigenvalue weighted by atomic mass is 16.5. The Morgan fingerprint density at radius 2 is 2.22 bits per heavy atom. The molecule has 100 valence electrons. The van der Waals surface area contributed by atoms with E-state index in [1.54, 1.807) is 0 Å². The van der Waals surface area contributed by atoms with Crippen LogP contribution in [-0.2, 0) is 4.74 Å². The van der Waals surface area contributed by atoms with Gasteiger partial charge in [0.2, 0.25) is 5.88 Å². The summed E-state index contributed by atoms with van der Waals surface area (Å²) in [5.74, 6) is 2.06. The summed E-state index contributed by atoms with van der Waals surface area (Å²) in [6, 6.07) is 1.86. The lowest BCUT2D eigenvalue weighted by molar-refractivity contribution is 0.0490. The van der Waals surface area contributed by atoms with Crippen LogP contribution in [0.1, 0.15) is 26.2 Å². The fraction of sp³-hybridized carbons (Fsp3) is 0.692. The summed E-state index contributed by atoms with van der Waals surface area (Å²) in [6.07, 6.45) is 4.76. The molecule has 5 heteroatoms. The lowest BCUT2D eigenvalue weighted by Gasteiger charge is -2.21. The molecule has 0 amide bonds. The average molecular weight is 251 g/mol. The van der Waals surface area contributed by atoms with Crippen LogP contribution < -0.4 is 10.1 Å². The van der Waals surface area contributed by atoms with E-state index in [-0.39, 0.29) is 0 Å². The SMILES string of the molecule is CCCNc1cc(OCC2CCOCC2)ncn1. The van der Waals surface area contributed by atoms with Crippen molar-refractivity contribution < 1.29 is 9.47 Å². The number of rotatable bonds is 6. The maximum atomic E-state index is 5.72. The number of nitrogens with one attached hydrogen (secondary N) is 1. The standard InChI is InChI=1S/C13H21N3O2/c1-2-5-14-12-8-13(16-10-15-12)18-9-11-3-6-17-7-4-11/h8,10-11H,2-7,9H2,1H3,(H,14,15,16). The first-order chi connectivity index (χ1) is 8.88. The van der Waals surface area contributed by atoms with Gasteiger partial charge in [-0.2, -0.15) is 0 Å². The Bertz CT molecular complexity index is 354. The molecule has 0 unspecified atom stereocenters. The largest absolute Gasteiger partial charge is 0.477 e. The van der Waals surface area contributed by atoms with Gasteiger partial charge in [0.15, 0.2) is 0 Å². The molecular formula is C13H21N3O2. The molecule has 0 aliphatic carbocycles. The molecule has 18 heavy (non-hydrogen) atoms. The van der Waals surface area contributed by atoms with E-state index in [0.717, 1.165) is 44.8 Å². The lowest BCUT2D eigenvalue weighted by atomic mass is 10.0. The monoisotopic (exact) mass is 251 g/mol. The van der Waals surface area contributed by atoms with Gasteiger partial charge in [0.25, 0.3) is 0 Å². The van der Waals surface area contributed by atoms with Crippen molar-refractivity contribution >= 4 is 5.82 Å². The molecule has 1 aromatic rings. The Morgan fingerprint density at radius 1 is 1.39 bits per heavy atom. The highest BCUT2D eigenvalue weighted by Crippen LogP contribution is 2.17. The molecule has 2 heterocycles. The normalized spacial score (nSPS) is 16.5. The van der Waals surface area contributed by atoms with Gasteiger partial charge in [-0.25, -0.2) is 9.97 Å². The van der Waals surface area contributed by atoms with E-state index in [2.05, 4.69) is 22.2 Å². The average Bonchev–Trinajstić information content (AvgIpc) is 2.44. The van der Waals surface area contributed by atoms with Gasteiger partial charge < -0.3 is 14.8 Å². The number of anilines is 1. The van der Waals surface area contributed by atoms with Crippen LogP contribution in [0.5, 0.6) is 5.88 Å². The molecule has 5 nitrogen and oxygen atoms in total. The molecule has 2 rings (SSSR count). The molecule has 1 saturated heterocycles. The van der Waals surface area contributed by atoms with E-state index in [4.69, 9.17) is 9.47 Å². The minimum atomic E-state index is 0.584. The van der Waals surface area contributed by atoms with Crippen molar-refractivity contribution in [2.45, 2.75) is 26.2 Å². The van der Waals surface area contributed by atoms with Crippen LogP contribution in [0.3, 0.4) is 0 Å². The van der Waals surface area contributed by atoms with Gasteiger partial charge in [-0.15, -0.1) is 0 Å². The van der Waals surface area contributed by atoms with Gasteiger partial charge in [-0.05, 0) is 25.2 Å². The van der Waals surface area contributed by atoms with Crippen LogP contribution in [-0.4, -0.2) is 36.3 Å². The lowest BCUT2D eigenvalue weighted by Crippen LogP contribution is -2.21. The first kappa shape index (κ1) is 13.1. The third-order valence-electron chi connectivity index (χ3n) is 3.01. The minimum Gasteiger partial charge on any atom is -0.477 e.